The van der Waals surface area contributed by atoms with Crippen molar-refractivity contribution >= 4 is 5.91 Å². The van der Waals surface area contributed by atoms with Gasteiger partial charge in [0.2, 0.25) is 5.91 Å². The summed E-state index contributed by atoms with van der Waals surface area (Å²) in [5.74, 6) is 2.31. The number of aliphatic hydroxyl groups excluding tert-OH is 1. The van der Waals surface area contributed by atoms with Gasteiger partial charge in [-0.25, -0.2) is 0 Å². The molecule has 1 unspecified atom stereocenters. The monoisotopic (exact) mass is 210 g/mol. The molecule has 4 heteroatoms. The van der Waals surface area contributed by atoms with Gasteiger partial charge in [-0.3, -0.25) is 9.69 Å². The Morgan fingerprint density at radius 1 is 1.73 bits per heavy atom. The lowest BCUT2D eigenvalue weighted by Gasteiger charge is -2.27. The van der Waals surface area contributed by atoms with Crippen molar-refractivity contribution in [3.63, 3.8) is 0 Å². The fourth-order valence-electron chi connectivity index (χ4n) is 1.65. The zero-order valence-electron chi connectivity index (χ0n) is 9.07. The van der Waals surface area contributed by atoms with E-state index in [0.717, 1.165) is 12.8 Å². The number of nitrogens with one attached hydrogen (secondary N) is 1. The lowest BCUT2D eigenvalue weighted by Crippen LogP contribution is -2.47. The molecule has 1 saturated carbocycles. The zero-order valence-corrected chi connectivity index (χ0v) is 9.07. The summed E-state index contributed by atoms with van der Waals surface area (Å²) in [6.45, 7) is 2.75. The summed E-state index contributed by atoms with van der Waals surface area (Å²) >= 11 is 0. The Bertz CT molecular complexity index is 256. The maximum Gasteiger partial charge on any atom is 0.237 e. The summed E-state index contributed by atoms with van der Waals surface area (Å²) in [4.78, 5) is 13.7. The standard InChI is InChI=1S/C11H18N2O2/c1-3-6-12-11(15)9(2)13(7-8-14)10-4-5-10/h1,9-10,14H,4-8H2,2H3,(H,12,15). The first-order valence-corrected chi connectivity index (χ1v) is 5.28. The Hall–Kier alpha value is -1.05. The van der Waals surface area contributed by atoms with Crippen LogP contribution in [0.5, 0.6) is 0 Å². The molecule has 1 aliphatic carbocycles. The predicted octanol–water partition coefficient (Wildman–Crippen LogP) is -0.419. The van der Waals surface area contributed by atoms with Gasteiger partial charge in [0.05, 0.1) is 19.2 Å². The molecule has 0 spiro atoms. The lowest BCUT2D eigenvalue weighted by atomic mass is 10.2. The number of carbonyl (C=O) groups is 1. The number of amides is 1. The molecule has 1 amide bonds. The molecule has 2 N–H and O–H groups in total. The van der Waals surface area contributed by atoms with E-state index in [1.165, 1.54) is 0 Å². The Balaban J connectivity index is 2.43. The van der Waals surface area contributed by atoms with E-state index in [2.05, 4.69) is 11.2 Å². The van der Waals surface area contributed by atoms with Crippen molar-refractivity contribution in [2.24, 2.45) is 0 Å². The van der Waals surface area contributed by atoms with Crippen molar-refractivity contribution in [2.75, 3.05) is 19.7 Å². The predicted molar refractivity (Wildman–Crippen MR) is 58.1 cm³/mol. The minimum atomic E-state index is -0.210. The molecule has 4 nitrogen and oxygen atoms in total. The first-order valence-electron chi connectivity index (χ1n) is 5.28. The average Bonchev–Trinajstić information content (AvgIpc) is 3.05. The van der Waals surface area contributed by atoms with Crippen molar-refractivity contribution < 1.29 is 9.90 Å². The lowest BCUT2D eigenvalue weighted by molar-refractivity contribution is -0.126. The molecule has 1 aliphatic rings. The highest BCUT2D eigenvalue weighted by Gasteiger charge is 2.34. The second-order valence-corrected chi connectivity index (χ2v) is 3.79. The van der Waals surface area contributed by atoms with E-state index in [0.29, 0.717) is 12.6 Å². The molecule has 0 heterocycles. The van der Waals surface area contributed by atoms with Gasteiger partial charge in [0.1, 0.15) is 0 Å². The van der Waals surface area contributed by atoms with Crippen LogP contribution in [-0.2, 0) is 4.79 Å². The topological polar surface area (TPSA) is 52.6 Å². The zero-order chi connectivity index (χ0) is 11.3. The van der Waals surface area contributed by atoms with Gasteiger partial charge in [0.15, 0.2) is 0 Å². The molecule has 1 rings (SSSR count). The first-order chi connectivity index (χ1) is 7.20. The van der Waals surface area contributed by atoms with E-state index in [1.807, 2.05) is 11.8 Å². The molecule has 0 aromatic rings. The quantitative estimate of drug-likeness (QED) is 0.586. The number of carbonyl (C=O) groups excluding carboxylic acids is 1. The van der Waals surface area contributed by atoms with Crippen LogP contribution in [0.2, 0.25) is 0 Å². The average molecular weight is 210 g/mol. The fourth-order valence-corrected chi connectivity index (χ4v) is 1.65. The minimum absolute atomic E-state index is 0.0618. The number of hydrogen-bond acceptors (Lipinski definition) is 3. The van der Waals surface area contributed by atoms with E-state index < -0.39 is 0 Å². The molecular formula is C11H18N2O2. The number of hydrogen-bond donors (Lipinski definition) is 2. The number of aliphatic hydroxyl groups is 1. The van der Waals surface area contributed by atoms with Crippen LogP contribution in [0.25, 0.3) is 0 Å². The van der Waals surface area contributed by atoms with Gasteiger partial charge in [0, 0.05) is 12.6 Å². The maximum atomic E-state index is 11.6. The van der Waals surface area contributed by atoms with Gasteiger partial charge in [-0.05, 0) is 19.8 Å². The van der Waals surface area contributed by atoms with Gasteiger partial charge in [0.25, 0.3) is 0 Å². The van der Waals surface area contributed by atoms with Crippen molar-refractivity contribution in [3.05, 3.63) is 0 Å². The largest absolute Gasteiger partial charge is 0.395 e. The number of terminal acetylenes is 1. The summed E-state index contributed by atoms with van der Waals surface area (Å²) in [5, 5.41) is 11.6. The van der Waals surface area contributed by atoms with Crippen LogP contribution in [0.15, 0.2) is 0 Å². The van der Waals surface area contributed by atoms with E-state index in [1.54, 1.807) is 0 Å². The molecular weight excluding hydrogens is 192 g/mol. The van der Waals surface area contributed by atoms with Crippen LogP contribution in [0, 0.1) is 12.3 Å². The number of rotatable bonds is 6. The van der Waals surface area contributed by atoms with Crippen molar-refractivity contribution in [1.29, 1.82) is 0 Å². The third-order valence-corrected chi connectivity index (χ3v) is 2.62. The van der Waals surface area contributed by atoms with Crippen LogP contribution >= 0.6 is 0 Å². The van der Waals surface area contributed by atoms with Gasteiger partial charge in [-0.1, -0.05) is 5.92 Å². The van der Waals surface area contributed by atoms with Crippen molar-refractivity contribution in [3.8, 4) is 12.3 Å². The Kier molecular flexibility index (Phi) is 4.60. The molecule has 84 valence electrons. The number of nitrogens with zero attached hydrogens (tertiary/aromatic N) is 1. The van der Waals surface area contributed by atoms with Gasteiger partial charge >= 0.3 is 0 Å². The van der Waals surface area contributed by atoms with Crippen LogP contribution in [0.4, 0.5) is 0 Å². The Labute approximate surface area is 90.6 Å². The highest BCUT2D eigenvalue weighted by atomic mass is 16.3. The van der Waals surface area contributed by atoms with Crippen LogP contribution < -0.4 is 5.32 Å². The smallest absolute Gasteiger partial charge is 0.237 e. The van der Waals surface area contributed by atoms with Crippen molar-refractivity contribution in [1.82, 2.24) is 10.2 Å². The summed E-state index contributed by atoms with van der Waals surface area (Å²) in [6, 6.07) is 0.252. The molecule has 15 heavy (non-hydrogen) atoms. The second-order valence-electron chi connectivity index (χ2n) is 3.79. The summed E-state index contributed by atoms with van der Waals surface area (Å²) in [5.41, 5.74) is 0. The SMILES string of the molecule is C#CCNC(=O)C(C)N(CCO)C1CC1. The molecule has 1 atom stereocenters. The normalized spacial score (nSPS) is 17.2. The molecule has 0 radical (unpaired) electrons. The summed E-state index contributed by atoms with van der Waals surface area (Å²) in [6.07, 6.45) is 7.30. The van der Waals surface area contributed by atoms with Gasteiger partial charge in [-0.15, -0.1) is 6.42 Å². The second kappa shape index (κ2) is 5.74. The third kappa shape index (κ3) is 3.54. The third-order valence-electron chi connectivity index (χ3n) is 2.62. The van der Waals surface area contributed by atoms with Gasteiger partial charge < -0.3 is 10.4 Å². The van der Waals surface area contributed by atoms with E-state index in [4.69, 9.17) is 11.5 Å². The highest BCUT2D eigenvalue weighted by molar-refractivity contribution is 5.81. The first kappa shape index (κ1) is 12.0. The van der Waals surface area contributed by atoms with E-state index >= 15 is 0 Å². The maximum absolute atomic E-state index is 11.6. The molecule has 1 fully saturated rings. The molecule has 0 aliphatic heterocycles. The molecule has 0 aromatic heterocycles. The summed E-state index contributed by atoms with van der Waals surface area (Å²) in [7, 11) is 0. The Morgan fingerprint density at radius 2 is 2.40 bits per heavy atom. The van der Waals surface area contributed by atoms with Crippen LogP contribution in [-0.4, -0.2) is 47.7 Å². The molecule has 0 aromatic carbocycles. The van der Waals surface area contributed by atoms with Crippen LogP contribution in [0.3, 0.4) is 0 Å². The fraction of sp³-hybridized carbons (Fsp3) is 0.727. The molecule has 0 bridgehead atoms. The summed E-state index contributed by atoms with van der Waals surface area (Å²) < 4.78 is 0. The van der Waals surface area contributed by atoms with Gasteiger partial charge in [-0.2, -0.15) is 0 Å². The Morgan fingerprint density at radius 3 is 2.87 bits per heavy atom. The molecule has 0 saturated heterocycles. The van der Waals surface area contributed by atoms with Crippen molar-refractivity contribution in [2.45, 2.75) is 31.8 Å². The highest BCUT2D eigenvalue weighted by Crippen LogP contribution is 2.28. The van der Waals surface area contributed by atoms with E-state index in [-0.39, 0.29) is 25.1 Å². The van der Waals surface area contributed by atoms with Crippen LogP contribution in [0.1, 0.15) is 19.8 Å². The minimum Gasteiger partial charge on any atom is -0.395 e. The van der Waals surface area contributed by atoms with E-state index in [9.17, 15) is 4.79 Å².